The summed E-state index contributed by atoms with van der Waals surface area (Å²) in [6.45, 7) is 4.06. The molecule has 3 aromatic carbocycles. The summed E-state index contributed by atoms with van der Waals surface area (Å²) in [4.78, 5) is 28.7. The molecule has 0 saturated heterocycles. The molecule has 1 heterocycles. The van der Waals surface area contributed by atoms with Crippen molar-refractivity contribution in [3.05, 3.63) is 111 Å². The van der Waals surface area contributed by atoms with Crippen molar-refractivity contribution >= 4 is 35.3 Å². The molecule has 35 heavy (non-hydrogen) atoms. The van der Waals surface area contributed by atoms with Crippen molar-refractivity contribution < 1.29 is 14.5 Å². The summed E-state index contributed by atoms with van der Waals surface area (Å²) in [5, 5.41) is 10.8. The first-order valence-corrected chi connectivity index (χ1v) is 11.6. The number of aryl methyl sites for hydroxylation is 1. The first-order valence-electron chi connectivity index (χ1n) is 10.8. The predicted octanol–water partition coefficient (Wildman–Crippen LogP) is 6.69. The van der Waals surface area contributed by atoms with Gasteiger partial charge in [0.1, 0.15) is 0 Å². The minimum absolute atomic E-state index is 0.0802. The smallest absolute Gasteiger partial charge is 0.337 e. The molecule has 0 atom stereocenters. The zero-order valence-corrected chi connectivity index (χ0v) is 20.3. The van der Waals surface area contributed by atoms with Crippen molar-refractivity contribution in [2.24, 2.45) is 4.99 Å². The number of esters is 1. The number of ether oxygens (including phenoxy) is 1. The Morgan fingerprint density at radius 2 is 1.57 bits per heavy atom. The summed E-state index contributed by atoms with van der Waals surface area (Å²) in [6.07, 6.45) is 1.85. The minimum atomic E-state index is -0.403. The lowest BCUT2D eigenvalue weighted by molar-refractivity contribution is -0.384. The summed E-state index contributed by atoms with van der Waals surface area (Å²) < 4.78 is 6.89. The number of non-ortho nitro benzene ring substituents is 1. The number of rotatable bonds is 7. The van der Waals surface area contributed by atoms with Gasteiger partial charge in [-0.15, -0.1) is 0 Å². The Hall–Kier alpha value is -4.17. The molecule has 0 aliphatic rings. The quantitative estimate of drug-likeness (QED) is 0.126. The second-order valence-electron chi connectivity index (χ2n) is 7.81. The molecule has 0 bridgehead atoms. The van der Waals surface area contributed by atoms with E-state index >= 15 is 0 Å². The maximum Gasteiger partial charge on any atom is 0.337 e. The summed E-state index contributed by atoms with van der Waals surface area (Å²) in [6, 6.07) is 23.7. The summed E-state index contributed by atoms with van der Waals surface area (Å²) in [5.74, 6) is -0.359. The maximum atomic E-state index is 11.7. The number of aliphatic imine (C=N–C) groups is 1. The van der Waals surface area contributed by atoms with Crippen molar-refractivity contribution in [2.75, 3.05) is 7.11 Å². The van der Waals surface area contributed by atoms with Crippen LogP contribution in [0.3, 0.4) is 0 Å². The molecule has 1 aromatic heterocycles. The zero-order valence-electron chi connectivity index (χ0n) is 19.5. The van der Waals surface area contributed by atoms with Gasteiger partial charge in [-0.25, -0.2) is 4.79 Å². The molecular weight excluding hydrogens is 462 g/mol. The zero-order chi connectivity index (χ0) is 24.9. The molecule has 176 valence electrons. The third-order valence-electron chi connectivity index (χ3n) is 5.49. The van der Waals surface area contributed by atoms with Crippen LogP contribution in [0.25, 0.3) is 5.69 Å². The number of hydrogen-bond donors (Lipinski definition) is 0. The van der Waals surface area contributed by atoms with Gasteiger partial charge in [0.25, 0.3) is 5.69 Å². The van der Waals surface area contributed by atoms with Gasteiger partial charge in [0.2, 0.25) is 0 Å². The maximum absolute atomic E-state index is 11.7. The molecule has 7 nitrogen and oxygen atoms in total. The van der Waals surface area contributed by atoms with Crippen LogP contribution in [-0.2, 0) is 4.74 Å². The normalized spacial score (nSPS) is 11.1. The van der Waals surface area contributed by atoms with Gasteiger partial charge in [-0.3, -0.25) is 15.1 Å². The Bertz CT molecular complexity index is 1390. The molecule has 4 rings (SSSR count). The van der Waals surface area contributed by atoms with E-state index in [0.717, 1.165) is 38.1 Å². The van der Waals surface area contributed by atoms with Crippen molar-refractivity contribution in [1.29, 1.82) is 0 Å². The van der Waals surface area contributed by atoms with Crippen LogP contribution in [0.4, 0.5) is 11.4 Å². The lowest BCUT2D eigenvalue weighted by Gasteiger charge is -2.10. The van der Waals surface area contributed by atoms with Gasteiger partial charge in [0.15, 0.2) is 0 Å². The molecule has 0 spiro atoms. The highest BCUT2D eigenvalue weighted by atomic mass is 32.2. The first-order chi connectivity index (χ1) is 16.9. The summed E-state index contributed by atoms with van der Waals surface area (Å²) >= 11 is 1.53. The van der Waals surface area contributed by atoms with Crippen LogP contribution >= 0.6 is 11.8 Å². The topological polar surface area (TPSA) is 86.7 Å². The van der Waals surface area contributed by atoms with Gasteiger partial charge in [-0.1, -0.05) is 11.8 Å². The molecule has 0 aliphatic heterocycles. The fraction of sp³-hybridized carbons (Fsp3) is 0.111. The number of nitrogens with zero attached hydrogens (tertiary/aromatic N) is 3. The molecule has 0 saturated carbocycles. The van der Waals surface area contributed by atoms with Crippen LogP contribution in [-0.4, -0.2) is 28.8 Å². The SMILES string of the molecule is COC(=O)c1ccc(-n2c(C)cc(C=Nc3ccc(Sc4ccc([N+](=O)[O-])cc4)cc3)c2C)cc1. The third kappa shape index (κ3) is 5.50. The van der Waals surface area contributed by atoms with E-state index in [4.69, 9.17) is 4.74 Å². The van der Waals surface area contributed by atoms with E-state index in [9.17, 15) is 14.9 Å². The fourth-order valence-electron chi connectivity index (χ4n) is 3.70. The van der Waals surface area contributed by atoms with E-state index in [1.807, 2.05) is 56.5 Å². The molecule has 8 heteroatoms. The largest absolute Gasteiger partial charge is 0.465 e. The number of nitro benzene ring substituents is 1. The van der Waals surface area contributed by atoms with Gasteiger partial charge >= 0.3 is 5.97 Å². The molecule has 0 fully saturated rings. The van der Waals surface area contributed by atoms with Gasteiger partial charge in [0, 0.05) is 50.8 Å². The van der Waals surface area contributed by atoms with E-state index in [0.29, 0.717) is 5.56 Å². The number of carbonyl (C=O) groups is 1. The van der Waals surface area contributed by atoms with Crippen LogP contribution < -0.4 is 0 Å². The number of benzene rings is 3. The Kier molecular flexibility index (Phi) is 7.12. The second kappa shape index (κ2) is 10.4. The van der Waals surface area contributed by atoms with E-state index in [-0.39, 0.29) is 11.7 Å². The molecule has 4 aromatic rings. The molecular formula is C27H23N3O4S. The van der Waals surface area contributed by atoms with E-state index in [2.05, 4.69) is 15.6 Å². The van der Waals surface area contributed by atoms with Crippen LogP contribution in [0.15, 0.2) is 93.6 Å². The molecule has 0 aliphatic carbocycles. The molecule has 0 N–H and O–H groups in total. The highest BCUT2D eigenvalue weighted by Crippen LogP contribution is 2.30. The third-order valence-corrected chi connectivity index (χ3v) is 6.51. The minimum Gasteiger partial charge on any atom is -0.465 e. The van der Waals surface area contributed by atoms with Crippen molar-refractivity contribution in [3.63, 3.8) is 0 Å². The Labute approximate surface area is 207 Å². The highest BCUT2D eigenvalue weighted by molar-refractivity contribution is 7.99. The second-order valence-corrected chi connectivity index (χ2v) is 8.95. The Morgan fingerprint density at radius 1 is 0.971 bits per heavy atom. The standard InChI is InChI=1S/C27H23N3O4S/c1-18-16-21(19(2)29(18)23-8-4-20(5-9-23)27(31)34-3)17-28-22-6-12-25(13-7-22)35-26-14-10-24(11-15-26)30(32)33/h4-17H,1-3H3. The summed E-state index contributed by atoms with van der Waals surface area (Å²) in [7, 11) is 1.37. The van der Waals surface area contributed by atoms with E-state index in [1.165, 1.54) is 31.0 Å². The number of aromatic nitrogens is 1. The average molecular weight is 486 g/mol. The highest BCUT2D eigenvalue weighted by Gasteiger charge is 2.11. The fourth-order valence-corrected chi connectivity index (χ4v) is 4.51. The van der Waals surface area contributed by atoms with Crippen molar-refractivity contribution in [1.82, 2.24) is 4.57 Å². The number of methoxy groups -OCH3 is 1. The molecule has 0 unspecified atom stereocenters. The monoisotopic (exact) mass is 485 g/mol. The van der Waals surface area contributed by atoms with Crippen LogP contribution in [0, 0.1) is 24.0 Å². The lowest BCUT2D eigenvalue weighted by atomic mass is 10.2. The number of nitro groups is 1. The predicted molar refractivity (Wildman–Crippen MR) is 137 cm³/mol. The molecule has 0 amide bonds. The van der Waals surface area contributed by atoms with E-state index < -0.39 is 4.92 Å². The van der Waals surface area contributed by atoms with Crippen LogP contribution in [0.2, 0.25) is 0 Å². The number of carbonyl (C=O) groups excluding carboxylic acids is 1. The Balaban J connectivity index is 1.47. The number of hydrogen-bond acceptors (Lipinski definition) is 6. The first kappa shape index (κ1) is 24.0. The van der Waals surface area contributed by atoms with Gasteiger partial charge in [0.05, 0.1) is 23.3 Å². The Morgan fingerprint density at radius 3 is 2.14 bits per heavy atom. The van der Waals surface area contributed by atoms with Crippen LogP contribution in [0.5, 0.6) is 0 Å². The average Bonchev–Trinajstić information content (AvgIpc) is 3.16. The summed E-state index contributed by atoms with van der Waals surface area (Å²) in [5.41, 5.74) is 5.48. The molecule has 0 radical (unpaired) electrons. The van der Waals surface area contributed by atoms with Crippen molar-refractivity contribution in [3.8, 4) is 5.69 Å². The van der Waals surface area contributed by atoms with Gasteiger partial charge < -0.3 is 9.30 Å². The van der Waals surface area contributed by atoms with Gasteiger partial charge in [-0.05, 0) is 80.6 Å². The van der Waals surface area contributed by atoms with Gasteiger partial charge in [-0.2, -0.15) is 0 Å². The lowest BCUT2D eigenvalue weighted by Crippen LogP contribution is -2.03. The van der Waals surface area contributed by atoms with Crippen molar-refractivity contribution in [2.45, 2.75) is 23.6 Å². The van der Waals surface area contributed by atoms with Crippen LogP contribution in [0.1, 0.15) is 27.3 Å². The van der Waals surface area contributed by atoms with E-state index in [1.54, 1.807) is 24.3 Å².